The number of Topliss-reactive ketones (excluding diaryl/α,β-unsaturated/α-hetero) is 2. The molecule has 6 nitrogen and oxygen atoms in total. The van der Waals surface area contributed by atoms with Crippen LogP contribution in [-0.4, -0.2) is 36.7 Å². The van der Waals surface area contributed by atoms with Crippen molar-refractivity contribution in [2.45, 2.75) is 40.5 Å². The van der Waals surface area contributed by atoms with E-state index in [2.05, 4.69) is 0 Å². The Bertz CT molecular complexity index is 374. The highest BCUT2D eigenvalue weighted by Crippen LogP contribution is 2.14. The van der Waals surface area contributed by atoms with Gasteiger partial charge in [-0.15, -0.1) is 0 Å². The minimum absolute atomic E-state index is 0.0386. The van der Waals surface area contributed by atoms with Gasteiger partial charge in [-0.3, -0.25) is 19.2 Å². The maximum absolute atomic E-state index is 11.8. The lowest BCUT2D eigenvalue weighted by Gasteiger charge is -2.13. The van der Waals surface area contributed by atoms with E-state index in [1.165, 1.54) is 13.8 Å². The normalized spacial score (nSPS) is 13.2. The Labute approximate surface area is 118 Å². The molecule has 0 aromatic carbocycles. The van der Waals surface area contributed by atoms with E-state index in [0.29, 0.717) is 0 Å². The second-order valence-corrected chi connectivity index (χ2v) is 4.39. The molecule has 6 heteroatoms. The van der Waals surface area contributed by atoms with Crippen molar-refractivity contribution in [2.75, 3.05) is 13.2 Å². The lowest BCUT2D eigenvalue weighted by molar-refractivity contribution is -0.151. The molecular weight excluding hydrogens is 264 g/mol. The molecule has 0 radical (unpaired) electrons. The number of hydrogen-bond donors (Lipinski definition) is 0. The summed E-state index contributed by atoms with van der Waals surface area (Å²) in [6.07, 6.45) is 0.0137. The van der Waals surface area contributed by atoms with E-state index >= 15 is 0 Å². The highest BCUT2D eigenvalue weighted by atomic mass is 16.5. The number of carbonyl (C=O) groups excluding carboxylic acids is 4. The van der Waals surface area contributed by atoms with E-state index in [0.717, 1.165) is 0 Å². The van der Waals surface area contributed by atoms with Crippen molar-refractivity contribution in [3.63, 3.8) is 0 Å². The predicted octanol–water partition coefficient (Wildman–Crippen LogP) is 1.30. The van der Waals surface area contributed by atoms with Crippen LogP contribution < -0.4 is 0 Å². The van der Waals surface area contributed by atoms with E-state index in [9.17, 15) is 19.2 Å². The van der Waals surface area contributed by atoms with Crippen LogP contribution in [0.1, 0.15) is 40.5 Å². The Morgan fingerprint density at radius 2 is 1.45 bits per heavy atom. The quantitative estimate of drug-likeness (QED) is 0.469. The van der Waals surface area contributed by atoms with Crippen LogP contribution in [0, 0.1) is 11.8 Å². The first-order valence-electron chi connectivity index (χ1n) is 6.71. The fourth-order valence-corrected chi connectivity index (χ4v) is 1.63. The molecule has 0 saturated carbocycles. The number of esters is 2. The largest absolute Gasteiger partial charge is 0.465 e. The summed E-state index contributed by atoms with van der Waals surface area (Å²) in [5, 5.41) is 0. The zero-order chi connectivity index (χ0) is 15.7. The average molecular weight is 286 g/mol. The van der Waals surface area contributed by atoms with Gasteiger partial charge in [-0.2, -0.15) is 0 Å². The molecule has 0 aromatic rings. The van der Waals surface area contributed by atoms with Gasteiger partial charge in [0.15, 0.2) is 0 Å². The summed E-state index contributed by atoms with van der Waals surface area (Å²) in [6.45, 7) is 6.41. The molecule has 0 bridgehead atoms. The van der Waals surface area contributed by atoms with Crippen molar-refractivity contribution in [2.24, 2.45) is 11.8 Å². The monoisotopic (exact) mass is 286 g/mol. The summed E-state index contributed by atoms with van der Waals surface area (Å²) in [7, 11) is 0. The number of carbonyl (C=O) groups is 4. The third kappa shape index (κ3) is 5.95. The van der Waals surface area contributed by atoms with Crippen LogP contribution in [0.4, 0.5) is 0 Å². The Morgan fingerprint density at radius 1 is 0.950 bits per heavy atom. The first kappa shape index (κ1) is 18.3. The molecule has 20 heavy (non-hydrogen) atoms. The van der Waals surface area contributed by atoms with Crippen molar-refractivity contribution in [1.29, 1.82) is 0 Å². The number of hydrogen-bond acceptors (Lipinski definition) is 6. The zero-order valence-electron chi connectivity index (χ0n) is 12.4. The molecule has 0 fully saturated rings. The van der Waals surface area contributed by atoms with Crippen LogP contribution in [0.5, 0.6) is 0 Å². The van der Waals surface area contributed by atoms with Gasteiger partial charge in [-0.25, -0.2) is 0 Å². The SMILES string of the molecule is CCOC(=O)C(C)C(=O)CCC(C(C)=O)C(=O)OCC. The third-order valence-electron chi connectivity index (χ3n) is 2.86. The third-order valence-corrected chi connectivity index (χ3v) is 2.86. The summed E-state index contributed by atoms with van der Waals surface area (Å²) in [5.74, 6) is -3.75. The Morgan fingerprint density at radius 3 is 1.90 bits per heavy atom. The van der Waals surface area contributed by atoms with Crippen LogP contribution in [0.2, 0.25) is 0 Å². The van der Waals surface area contributed by atoms with Gasteiger partial charge in [-0.05, 0) is 34.1 Å². The molecule has 0 saturated heterocycles. The van der Waals surface area contributed by atoms with E-state index in [-0.39, 0.29) is 37.6 Å². The Kier molecular flexibility index (Phi) is 8.43. The van der Waals surface area contributed by atoms with Gasteiger partial charge < -0.3 is 9.47 Å². The van der Waals surface area contributed by atoms with Crippen molar-refractivity contribution in [3.05, 3.63) is 0 Å². The molecule has 2 atom stereocenters. The highest BCUT2D eigenvalue weighted by molar-refractivity contribution is 6.00. The van der Waals surface area contributed by atoms with E-state index in [1.807, 2.05) is 0 Å². The van der Waals surface area contributed by atoms with E-state index < -0.39 is 23.8 Å². The summed E-state index contributed by atoms with van der Waals surface area (Å²) in [4.78, 5) is 46.1. The van der Waals surface area contributed by atoms with Crippen molar-refractivity contribution < 1.29 is 28.7 Å². The van der Waals surface area contributed by atoms with Gasteiger partial charge >= 0.3 is 11.9 Å². The van der Waals surface area contributed by atoms with Crippen molar-refractivity contribution in [1.82, 2.24) is 0 Å². The molecule has 0 aliphatic rings. The Hall–Kier alpha value is -1.72. The molecule has 0 rings (SSSR count). The second-order valence-electron chi connectivity index (χ2n) is 4.39. The maximum atomic E-state index is 11.8. The van der Waals surface area contributed by atoms with Crippen molar-refractivity contribution in [3.8, 4) is 0 Å². The van der Waals surface area contributed by atoms with Gasteiger partial charge in [0.2, 0.25) is 0 Å². The molecule has 2 unspecified atom stereocenters. The minimum atomic E-state index is -0.951. The topological polar surface area (TPSA) is 86.7 Å². The zero-order valence-corrected chi connectivity index (χ0v) is 12.4. The number of ketones is 2. The van der Waals surface area contributed by atoms with Crippen molar-refractivity contribution >= 4 is 23.5 Å². The maximum Gasteiger partial charge on any atom is 0.316 e. The summed E-state index contributed by atoms with van der Waals surface area (Å²) >= 11 is 0. The average Bonchev–Trinajstić information content (AvgIpc) is 2.37. The molecule has 114 valence electrons. The lowest BCUT2D eigenvalue weighted by atomic mass is 9.94. The fraction of sp³-hybridized carbons (Fsp3) is 0.714. The van der Waals surface area contributed by atoms with E-state index in [1.54, 1.807) is 13.8 Å². The molecule has 0 aliphatic heterocycles. The van der Waals surface area contributed by atoms with Gasteiger partial charge in [0, 0.05) is 6.42 Å². The number of rotatable bonds is 9. The van der Waals surface area contributed by atoms with Gasteiger partial charge in [-0.1, -0.05) is 0 Å². The minimum Gasteiger partial charge on any atom is -0.465 e. The molecule has 0 heterocycles. The van der Waals surface area contributed by atoms with Crippen LogP contribution >= 0.6 is 0 Å². The summed E-state index contributed by atoms with van der Waals surface area (Å²) in [6, 6.07) is 0. The van der Waals surface area contributed by atoms with Gasteiger partial charge in [0.25, 0.3) is 0 Å². The molecule has 0 amide bonds. The first-order valence-corrected chi connectivity index (χ1v) is 6.71. The lowest BCUT2D eigenvalue weighted by Crippen LogP contribution is -2.28. The molecule has 0 aliphatic carbocycles. The smallest absolute Gasteiger partial charge is 0.316 e. The molecule has 0 aromatic heterocycles. The van der Waals surface area contributed by atoms with E-state index in [4.69, 9.17) is 9.47 Å². The molecular formula is C14H22O6. The predicted molar refractivity (Wildman–Crippen MR) is 70.8 cm³/mol. The second kappa shape index (κ2) is 9.23. The summed E-state index contributed by atoms with van der Waals surface area (Å²) in [5.41, 5.74) is 0. The first-order chi connectivity index (χ1) is 9.34. The van der Waals surface area contributed by atoms with Crippen LogP contribution in [0.15, 0.2) is 0 Å². The molecule has 0 N–H and O–H groups in total. The Balaban J connectivity index is 4.48. The standard InChI is InChI=1S/C14H22O6/c1-5-19-13(17)9(3)12(16)8-7-11(10(4)15)14(18)20-6-2/h9,11H,5-8H2,1-4H3. The summed E-state index contributed by atoms with van der Waals surface area (Å²) < 4.78 is 9.53. The molecule has 0 spiro atoms. The van der Waals surface area contributed by atoms with Crippen LogP contribution in [0.25, 0.3) is 0 Å². The van der Waals surface area contributed by atoms with Gasteiger partial charge in [0.1, 0.15) is 23.4 Å². The van der Waals surface area contributed by atoms with Crippen LogP contribution in [-0.2, 0) is 28.7 Å². The highest BCUT2D eigenvalue weighted by Gasteiger charge is 2.28. The van der Waals surface area contributed by atoms with Gasteiger partial charge in [0.05, 0.1) is 13.2 Å². The fourth-order valence-electron chi connectivity index (χ4n) is 1.63. The van der Waals surface area contributed by atoms with Crippen LogP contribution in [0.3, 0.4) is 0 Å². The number of ether oxygens (including phenoxy) is 2.